The molecular formula is C29H41N3O3. The van der Waals surface area contributed by atoms with Gasteiger partial charge in [-0.3, -0.25) is 4.90 Å². The molecule has 6 heteroatoms. The Labute approximate surface area is 210 Å². The van der Waals surface area contributed by atoms with Gasteiger partial charge in [-0.2, -0.15) is 0 Å². The number of carbonyl (C=O) groups excluding carboxylic acids is 1. The number of amides is 2. The molecular weight excluding hydrogens is 438 g/mol. The van der Waals surface area contributed by atoms with E-state index in [4.69, 9.17) is 9.47 Å². The highest BCUT2D eigenvalue weighted by Gasteiger charge is 2.54. The number of hydrogen-bond donors (Lipinski definition) is 0. The molecule has 190 valence electrons. The van der Waals surface area contributed by atoms with Crippen LogP contribution in [0.5, 0.6) is 5.75 Å². The third-order valence-electron chi connectivity index (χ3n) is 8.25. The summed E-state index contributed by atoms with van der Waals surface area (Å²) in [6, 6.07) is 19.1. The number of unbranched alkanes of at least 4 members (excludes halogenated alkanes) is 1. The Morgan fingerprint density at radius 3 is 2.20 bits per heavy atom. The Bertz CT molecular complexity index is 953. The Balaban J connectivity index is 1.55. The first kappa shape index (κ1) is 25.5. The summed E-state index contributed by atoms with van der Waals surface area (Å²) < 4.78 is 10.6. The number of rotatable bonds is 10. The third kappa shape index (κ3) is 5.19. The van der Waals surface area contributed by atoms with Crippen molar-refractivity contribution in [2.24, 2.45) is 0 Å². The van der Waals surface area contributed by atoms with Crippen LogP contribution < -0.4 is 4.74 Å². The van der Waals surface area contributed by atoms with Crippen LogP contribution in [0.25, 0.3) is 0 Å². The van der Waals surface area contributed by atoms with Crippen LogP contribution in [0, 0.1) is 0 Å². The van der Waals surface area contributed by atoms with Gasteiger partial charge in [-0.25, -0.2) is 4.79 Å². The number of urea groups is 1. The molecule has 0 atom stereocenters. The predicted octanol–water partition coefficient (Wildman–Crippen LogP) is 5.13. The summed E-state index contributed by atoms with van der Waals surface area (Å²) in [7, 11) is 7.81. The average molecular weight is 480 g/mol. The van der Waals surface area contributed by atoms with Crippen molar-refractivity contribution in [1.82, 2.24) is 14.7 Å². The molecule has 1 saturated carbocycles. The molecule has 2 fully saturated rings. The Morgan fingerprint density at radius 2 is 1.60 bits per heavy atom. The van der Waals surface area contributed by atoms with Gasteiger partial charge in [-0.05, 0) is 75.9 Å². The van der Waals surface area contributed by atoms with E-state index in [1.54, 1.807) is 14.2 Å². The van der Waals surface area contributed by atoms with Gasteiger partial charge in [0.25, 0.3) is 0 Å². The molecule has 1 heterocycles. The fourth-order valence-corrected chi connectivity index (χ4v) is 6.11. The summed E-state index contributed by atoms with van der Waals surface area (Å²) in [6.07, 6.45) is 6.05. The minimum atomic E-state index is -0.106. The van der Waals surface area contributed by atoms with Crippen LogP contribution in [0.1, 0.15) is 49.7 Å². The van der Waals surface area contributed by atoms with Crippen molar-refractivity contribution < 1.29 is 14.3 Å². The zero-order chi connectivity index (χ0) is 24.9. The van der Waals surface area contributed by atoms with E-state index in [1.165, 1.54) is 5.56 Å². The lowest BCUT2D eigenvalue weighted by Gasteiger charge is -2.51. The molecule has 4 rings (SSSR count). The third-order valence-corrected chi connectivity index (χ3v) is 8.25. The first-order chi connectivity index (χ1) is 16.9. The molecule has 2 amide bonds. The normalized spacial score (nSPS) is 24.5. The van der Waals surface area contributed by atoms with Crippen molar-refractivity contribution in [2.75, 3.05) is 48.0 Å². The van der Waals surface area contributed by atoms with Gasteiger partial charge in [-0.15, -0.1) is 0 Å². The predicted molar refractivity (Wildman–Crippen MR) is 140 cm³/mol. The summed E-state index contributed by atoms with van der Waals surface area (Å²) in [6.45, 7) is 2.96. The Hall–Kier alpha value is -2.57. The monoisotopic (exact) mass is 479 g/mol. The molecule has 2 aromatic carbocycles. The summed E-state index contributed by atoms with van der Waals surface area (Å²) >= 11 is 0. The molecule has 1 aliphatic carbocycles. The summed E-state index contributed by atoms with van der Waals surface area (Å²) in [5.74, 6) is 0.839. The van der Waals surface area contributed by atoms with Crippen molar-refractivity contribution in [3.05, 3.63) is 65.7 Å². The van der Waals surface area contributed by atoms with Gasteiger partial charge in [-0.1, -0.05) is 42.5 Å². The summed E-state index contributed by atoms with van der Waals surface area (Å²) in [5.41, 5.74) is 2.43. The lowest BCUT2D eigenvalue weighted by Crippen LogP contribution is -2.55. The minimum Gasteiger partial charge on any atom is -0.497 e. The molecule has 1 spiro atoms. The van der Waals surface area contributed by atoms with E-state index in [1.807, 2.05) is 12.1 Å². The van der Waals surface area contributed by atoms with Crippen LogP contribution in [-0.2, 0) is 16.8 Å². The fourth-order valence-electron chi connectivity index (χ4n) is 6.11. The largest absolute Gasteiger partial charge is 0.497 e. The highest BCUT2D eigenvalue weighted by molar-refractivity contribution is 5.78. The first-order valence-corrected chi connectivity index (χ1v) is 12.9. The van der Waals surface area contributed by atoms with Crippen LogP contribution in [0.4, 0.5) is 4.79 Å². The molecule has 0 bridgehead atoms. The van der Waals surface area contributed by atoms with Gasteiger partial charge in [0.1, 0.15) is 5.75 Å². The maximum Gasteiger partial charge on any atom is 0.320 e. The maximum atomic E-state index is 13.7. The Kier molecular flexibility index (Phi) is 8.02. The molecule has 0 N–H and O–H groups in total. The number of methoxy groups -OCH3 is 2. The van der Waals surface area contributed by atoms with Gasteiger partial charge in [0.2, 0.25) is 0 Å². The van der Waals surface area contributed by atoms with Crippen molar-refractivity contribution in [3.63, 3.8) is 0 Å². The van der Waals surface area contributed by atoms with Gasteiger partial charge in [0.05, 0.1) is 12.6 Å². The standard InChI is InChI=1S/C29H41N3O3/c1-30(2)29(25-10-6-5-7-11-25)18-16-28(17-19-29)23-31(22-24-12-14-26(35-4)15-13-24)27(33)32(28)20-8-9-21-34-3/h5-7,10-15H,8-9,16-23H2,1-4H3/t28-,29+. The zero-order valence-corrected chi connectivity index (χ0v) is 21.8. The van der Waals surface area contributed by atoms with Crippen molar-refractivity contribution in [2.45, 2.75) is 56.1 Å². The van der Waals surface area contributed by atoms with Crippen LogP contribution in [0.2, 0.25) is 0 Å². The maximum absolute atomic E-state index is 13.7. The summed E-state index contributed by atoms with van der Waals surface area (Å²) in [4.78, 5) is 20.4. The van der Waals surface area contributed by atoms with Gasteiger partial charge in [0, 0.05) is 38.9 Å². The Morgan fingerprint density at radius 1 is 0.914 bits per heavy atom. The highest BCUT2D eigenvalue weighted by atomic mass is 16.5. The topological polar surface area (TPSA) is 45.3 Å². The zero-order valence-electron chi connectivity index (χ0n) is 21.8. The molecule has 1 aliphatic heterocycles. The van der Waals surface area contributed by atoms with Crippen molar-refractivity contribution >= 4 is 6.03 Å². The van der Waals surface area contributed by atoms with Crippen LogP contribution >= 0.6 is 0 Å². The lowest BCUT2D eigenvalue weighted by molar-refractivity contribution is 0.0236. The van der Waals surface area contributed by atoms with Crippen LogP contribution in [0.15, 0.2) is 54.6 Å². The van der Waals surface area contributed by atoms with E-state index in [0.717, 1.165) is 69.5 Å². The van der Waals surface area contributed by atoms with Gasteiger partial charge < -0.3 is 19.3 Å². The smallest absolute Gasteiger partial charge is 0.320 e. The molecule has 0 unspecified atom stereocenters. The SMILES string of the molecule is COCCCCN1C(=O)N(Cc2ccc(OC)cc2)C[C@]12CC[C@](c1ccccc1)(N(C)C)CC2. The van der Waals surface area contributed by atoms with E-state index in [9.17, 15) is 4.79 Å². The molecule has 35 heavy (non-hydrogen) atoms. The molecule has 0 radical (unpaired) electrons. The van der Waals surface area contributed by atoms with E-state index in [-0.39, 0.29) is 17.1 Å². The second-order valence-electron chi connectivity index (χ2n) is 10.4. The second kappa shape index (κ2) is 11.0. The lowest BCUT2D eigenvalue weighted by atomic mass is 9.68. The highest BCUT2D eigenvalue weighted by Crippen LogP contribution is 2.49. The number of benzene rings is 2. The molecule has 1 saturated heterocycles. The van der Waals surface area contributed by atoms with E-state index >= 15 is 0 Å². The number of carbonyl (C=O) groups is 1. The minimum absolute atomic E-state index is 0.0146. The van der Waals surface area contributed by atoms with Crippen molar-refractivity contribution in [1.29, 1.82) is 0 Å². The number of nitrogens with zero attached hydrogens (tertiary/aromatic N) is 3. The first-order valence-electron chi connectivity index (χ1n) is 12.9. The van der Waals surface area contributed by atoms with E-state index in [2.05, 4.69) is 71.3 Å². The molecule has 6 nitrogen and oxygen atoms in total. The average Bonchev–Trinajstić information content (AvgIpc) is 3.13. The van der Waals surface area contributed by atoms with Gasteiger partial charge >= 0.3 is 6.03 Å². The van der Waals surface area contributed by atoms with Gasteiger partial charge in [0.15, 0.2) is 0 Å². The molecule has 2 aliphatic rings. The fraction of sp³-hybridized carbons (Fsp3) is 0.552. The summed E-state index contributed by atoms with van der Waals surface area (Å²) in [5, 5.41) is 0. The number of ether oxygens (including phenoxy) is 2. The van der Waals surface area contributed by atoms with E-state index < -0.39 is 0 Å². The van der Waals surface area contributed by atoms with Crippen LogP contribution in [0.3, 0.4) is 0 Å². The van der Waals surface area contributed by atoms with E-state index in [0.29, 0.717) is 6.54 Å². The molecule has 2 aromatic rings. The van der Waals surface area contributed by atoms with Crippen LogP contribution in [-0.4, -0.2) is 74.3 Å². The molecule has 0 aromatic heterocycles. The number of hydrogen-bond acceptors (Lipinski definition) is 4. The van der Waals surface area contributed by atoms with Crippen molar-refractivity contribution in [3.8, 4) is 5.75 Å². The second-order valence-corrected chi connectivity index (χ2v) is 10.4. The quantitative estimate of drug-likeness (QED) is 0.443.